The largest absolute Gasteiger partial charge is 0.454 e. The molecule has 28 heavy (non-hydrogen) atoms. The molecule has 6 rings (SSSR count). The first-order valence-electron chi connectivity index (χ1n) is 9.00. The highest BCUT2D eigenvalue weighted by molar-refractivity contribution is 9.10. The maximum absolute atomic E-state index is 6.31. The minimum absolute atomic E-state index is 0.910. The van der Waals surface area contributed by atoms with Gasteiger partial charge in [0.25, 0.3) is 0 Å². The van der Waals surface area contributed by atoms with Gasteiger partial charge in [0.2, 0.25) is 0 Å². The highest BCUT2D eigenvalue weighted by Crippen LogP contribution is 2.39. The first-order chi connectivity index (χ1) is 13.7. The number of furan rings is 1. The van der Waals surface area contributed by atoms with Crippen LogP contribution < -0.4 is 0 Å². The smallest absolute Gasteiger partial charge is 0.159 e. The van der Waals surface area contributed by atoms with Crippen molar-refractivity contribution in [2.45, 2.75) is 0 Å². The number of hydrogen-bond donors (Lipinski definition) is 0. The summed E-state index contributed by atoms with van der Waals surface area (Å²) in [5, 5.41) is 4.69. The average Bonchev–Trinajstić information content (AvgIpc) is 3.23. The molecule has 0 amide bonds. The van der Waals surface area contributed by atoms with Crippen molar-refractivity contribution in [2.24, 2.45) is 0 Å². The first-order valence-corrected chi connectivity index (χ1v) is 10.6. The summed E-state index contributed by atoms with van der Waals surface area (Å²) >= 11 is 7.25. The third-order valence-corrected chi connectivity index (χ3v) is 6.30. The summed E-state index contributed by atoms with van der Waals surface area (Å²) in [4.78, 5) is 0. The van der Waals surface area contributed by atoms with Crippen LogP contribution in [0, 0.1) is 0 Å². The van der Waals surface area contributed by atoms with Gasteiger partial charge in [-0.25, -0.2) is 0 Å². The Morgan fingerprint density at radius 1 is 0.607 bits per heavy atom. The molecule has 0 bridgehead atoms. The van der Waals surface area contributed by atoms with E-state index in [1.165, 1.54) is 10.8 Å². The standard InChI is InChI=1S/C24H13Br2NO/c25-14-8-10-20-18(12-14)19-13-15(26)9-11-21(19)27(20)22-6-3-5-17-16-4-1-2-7-23(16)28-24(17)22/h1-13H. The molecule has 0 spiro atoms. The molecule has 0 fully saturated rings. The fourth-order valence-electron chi connectivity index (χ4n) is 4.14. The Hall–Kier alpha value is -2.56. The zero-order valence-electron chi connectivity index (χ0n) is 14.6. The molecule has 0 N–H and O–H groups in total. The lowest BCUT2D eigenvalue weighted by Gasteiger charge is -2.08. The number of nitrogens with zero attached hydrogens (tertiary/aromatic N) is 1. The van der Waals surface area contributed by atoms with Gasteiger partial charge in [-0.2, -0.15) is 0 Å². The van der Waals surface area contributed by atoms with E-state index in [0.29, 0.717) is 0 Å². The molecule has 2 heterocycles. The van der Waals surface area contributed by atoms with Crippen LogP contribution in [-0.4, -0.2) is 4.57 Å². The first kappa shape index (κ1) is 16.4. The van der Waals surface area contributed by atoms with Gasteiger partial charge in [0.15, 0.2) is 5.58 Å². The van der Waals surface area contributed by atoms with Crippen molar-refractivity contribution in [1.82, 2.24) is 4.57 Å². The van der Waals surface area contributed by atoms with Gasteiger partial charge in [0.1, 0.15) is 5.58 Å². The Bertz CT molecular complexity index is 1480. The Morgan fingerprint density at radius 2 is 1.25 bits per heavy atom. The normalized spacial score (nSPS) is 11.9. The van der Waals surface area contributed by atoms with Gasteiger partial charge in [-0.3, -0.25) is 0 Å². The van der Waals surface area contributed by atoms with Crippen molar-refractivity contribution in [3.05, 3.63) is 87.8 Å². The molecule has 4 aromatic carbocycles. The number of halogens is 2. The molecular formula is C24H13Br2NO. The van der Waals surface area contributed by atoms with Gasteiger partial charge < -0.3 is 8.98 Å². The number of aromatic nitrogens is 1. The van der Waals surface area contributed by atoms with Crippen molar-refractivity contribution in [2.75, 3.05) is 0 Å². The van der Waals surface area contributed by atoms with Crippen molar-refractivity contribution in [1.29, 1.82) is 0 Å². The van der Waals surface area contributed by atoms with Crippen LogP contribution in [0.3, 0.4) is 0 Å². The van der Waals surface area contributed by atoms with Crippen LogP contribution in [0.1, 0.15) is 0 Å². The second-order valence-corrected chi connectivity index (χ2v) is 8.74. The lowest BCUT2D eigenvalue weighted by molar-refractivity contribution is 0.666. The zero-order valence-corrected chi connectivity index (χ0v) is 17.8. The Kier molecular flexibility index (Phi) is 3.49. The molecule has 2 aromatic heterocycles. The van der Waals surface area contributed by atoms with Gasteiger partial charge >= 0.3 is 0 Å². The summed E-state index contributed by atoms with van der Waals surface area (Å²) in [6.45, 7) is 0. The summed E-state index contributed by atoms with van der Waals surface area (Å²) in [5.74, 6) is 0. The monoisotopic (exact) mass is 489 g/mol. The van der Waals surface area contributed by atoms with Crippen LogP contribution in [-0.2, 0) is 0 Å². The van der Waals surface area contributed by atoms with E-state index in [9.17, 15) is 0 Å². The highest BCUT2D eigenvalue weighted by Gasteiger charge is 2.17. The molecule has 0 radical (unpaired) electrons. The minimum atomic E-state index is 0.910. The topological polar surface area (TPSA) is 18.1 Å². The molecule has 0 saturated carbocycles. The maximum Gasteiger partial charge on any atom is 0.159 e. The van der Waals surface area contributed by atoms with Crippen LogP contribution >= 0.6 is 31.9 Å². The molecule has 0 aliphatic rings. The summed E-state index contributed by atoms with van der Waals surface area (Å²) in [6, 6.07) is 27.4. The Balaban J connectivity index is 1.82. The SMILES string of the molecule is Brc1ccc2c(c1)c1cc(Br)ccc1n2-c1cccc2c1oc1ccccc12. The molecule has 4 heteroatoms. The second-order valence-electron chi connectivity index (χ2n) is 6.91. The van der Waals surface area contributed by atoms with Crippen LogP contribution in [0.5, 0.6) is 0 Å². The predicted octanol–water partition coefficient (Wildman–Crippen LogP) is 8.21. The average molecular weight is 491 g/mol. The third-order valence-electron chi connectivity index (χ3n) is 5.31. The van der Waals surface area contributed by atoms with Crippen molar-refractivity contribution >= 4 is 75.6 Å². The highest BCUT2D eigenvalue weighted by atomic mass is 79.9. The van der Waals surface area contributed by atoms with Crippen LogP contribution in [0.2, 0.25) is 0 Å². The number of fused-ring (bicyclic) bond motifs is 6. The van der Waals surface area contributed by atoms with Crippen molar-refractivity contribution in [3.8, 4) is 5.69 Å². The van der Waals surface area contributed by atoms with E-state index in [1.54, 1.807) is 0 Å². The third kappa shape index (κ3) is 2.25. The number of benzene rings is 4. The molecule has 134 valence electrons. The van der Waals surface area contributed by atoms with E-state index in [0.717, 1.165) is 47.6 Å². The summed E-state index contributed by atoms with van der Waals surface area (Å²) in [5.41, 5.74) is 5.19. The van der Waals surface area contributed by atoms with Gasteiger partial charge in [0, 0.05) is 30.5 Å². The summed E-state index contributed by atoms with van der Waals surface area (Å²) in [6.07, 6.45) is 0. The van der Waals surface area contributed by atoms with Gasteiger partial charge in [-0.1, -0.05) is 62.2 Å². The Morgan fingerprint density at radius 3 is 1.96 bits per heavy atom. The molecule has 2 nitrogen and oxygen atoms in total. The quantitative estimate of drug-likeness (QED) is 0.227. The van der Waals surface area contributed by atoms with E-state index in [2.05, 4.69) is 103 Å². The van der Waals surface area contributed by atoms with Gasteiger partial charge in [0.05, 0.1) is 16.7 Å². The number of para-hydroxylation sites is 2. The van der Waals surface area contributed by atoms with Gasteiger partial charge in [-0.15, -0.1) is 0 Å². The second kappa shape index (κ2) is 5.97. The fourth-order valence-corrected chi connectivity index (χ4v) is 4.86. The molecule has 6 aromatic rings. The Labute approximate surface area is 177 Å². The van der Waals surface area contributed by atoms with Crippen LogP contribution in [0.4, 0.5) is 0 Å². The van der Waals surface area contributed by atoms with Crippen LogP contribution in [0.25, 0.3) is 49.4 Å². The fraction of sp³-hybridized carbons (Fsp3) is 0. The van der Waals surface area contributed by atoms with E-state index < -0.39 is 0 Å². The van der Waals surface area contributed by atoms with Crippen LogP contribution in [0.15, 0.2) is 92.2 Å². The van der Waals surface area contributed by atoms with E-state index >= 15 is 0 Å². The molecule has 0 aliphatic carbocycles. The molecule has 0 saturated heterocycles. The predicted molar refractivity (Wildman–Crippen MR) is 123 cm³/mol. The summed E-state index contributed by atoms with van der Waals surface area (Å²) < 4.78 is 10.8. The van der Waals surface area contributed by atoms with E-state index in [-0.39, 0.29) is 0 Å². The van der Waals surface area contributed by atoms with E-state index in [4.69, 9.17) is 4.42 Å². The number of hydrogen-bond acceptors (Lipinski definition) is 1. The molecule has 0 aliphatic heterocycles. The lowest BCUT2D eigenvalue weighted by Crippen LogP contribution is -1.94. The lowest BCUT2D eigenvalue weighted by atomic mass is 10.1. The minimum Gasteiger partial charge on any atom is -0.454 e. The van der Waals surface area contributed by atoms with Gasteiger partial charge in [-0.05, 0) is 48.5 Å². The van der Waals surface area contributed by atoms with Crippen molar-refractivity contribution < 1.29 is 4.42 Å². The number of rotatable bonds is 1. The summed E-state index contributed by atoms with van der Waals surface area (Å²) in [7, 11) is 0. The molecular weight excluding hydrogens is 478 g/mol. The van der Waals surface area contributed by atoms with Crippen molar-refractivity contribution in [3.63, 3.8) is 0 Å². The molecule has 0 atom stereocenters. The zero-order chi connectivity index (χ0) is 18.8. The van der Waals surface area contributed by atoms with E-state index in [1.807, 2.05) is 12.1 Å². The maximum atomic E-state index is 6.31. The molecule has 0 unspecified atom stereocenters.